The largest absolute Gasteiger partial charge is 0.323 e. The number of aromatic amines is 1. The topological polar surface area (TPSA) is 69.8 Å². The zero-order chi connectivity index (χ0) is 14.8. The fraction of sp³-hybridized carbons (Fsp3) is 0. The molecular formula is C14H10Cl2N4O. The maximum absolute atomic E-state index is 12.0. The van der Waals surface area contributed by atoms with Gasteiger partial charge in [0.15, 0.2) is 0 Å². The van der Waals surface area contributed by atoms with Gasteiger partial charge in [0.05, 0.1) is 27.4 Å². The lowest BCUT2D eigenvalue weighted by atomic mass is 10.2. The Balaban J connectivity index is 1.77. The molecule has 0 bridgehead atoms. The van der Waals surface area contributed by atoms with Gasteiger partial charge in [-0.1, -0.05) is 29.3 Å². The normalized spacial score (nSPS) is 10.6. The van der Waals surface area contributed by atoms with Crippen molar-refractivity contribution < 1.29 is 4.79 Å². The molecule has 0 aliphatic rings. The van der Waals surface area contributed by atoms with Gasteiger partial charge in [0.25, 0.3) is 0 Å². The van der Waals surface area contributed by atoms with E-state index < -0.39 is 6.03 Å². The van der Waals surface area contributed by atoms with Gasteiger partial charge in [-0.05, 0) is 30.3 Å². The Hall–Kier alpha value is -2.24. The first-order valence-corrected chi connectivity index (χ1v) is 6.84. The Labute approximate surface area is 130 Å². The summed E-state index contributed by atoms with van der Waals surface area (Å²) in [5, 5.41) is 13.8. The Morgan fingerprint density at radius 3 is 2.62 bits per heavy atom. The summed E-state index contributed by atoms with van der Waals surface area (Å²) in [4.78, 5) is 12.0. The number of nitrogens with one attached hydrogen (secondary N) is 3. The third kappa shape index (κ3) is 2.94. The van der Waals surface area contributed by atoms with Gasteiger partial charge in [-0.3, -0.25) is 5.10 Å². The van der Waals surface area contributed by atoms with Crippen molar-refractivity contribution >= 4 is 51.5 Å². The number of benzene rings is 2. The van der Waals surface area contributed by atoms with Crippen molar-refractivity contribution in [3.8, 4) is 0 Å². The molecule has 2 amide bonds. The van der Waals surface area contributed by atoms with E-state index in [1.807, 2.05) is 12.1 Å². The van der Waals surface area contributed by atoms with Crippen LogP contribution in [0.25, 0.3) is 10.9 Å². The van der Waals surface area contributed by atoms with Crippen molar-refractivity contribution in [3.63, 3.8) is 0 Å². The van der Waals surface area contributed by atoms with Gasteiger partial charge in [0.1, 0.15) is 0 Å². The molecule has 5 nitrogen and oxygen atoms in total. The highest BCUT2D eigenvalue weighted by molar-refractivity contribution is 6.39. The van der Waals surface area contributed by atoms with Crippen molar-refractivity contribution in [2.24, 2.45) is 0 Å². The smallest absolute Gasteiger partial charge is 0.308 e. The number of urea groups is 1. The van der Waals surface area contributed by atoms with E-state index in [4.69, 9.17) is 23.2 Å². The van der Waals surface area contributed by atoms with Crippen molar-refractivity contribution in [1.29, 1.82) is 0 Å². The summed E-state index contributed by atoms with van der Waals surface area (Å²) in [6.07, 6.45) is 1.68. The molecule has 0 aliphatic carbocycles. The van der Waals surface area contributed by atoms with E-state index >= 15 is 0 Å². The number of halogens is 2. The number of hydrogen-bond donors (Lipinski definition) is 3. The predicted octanol–water partition coefficient (Wildman–Crippen LogP) is 4.51. The van der Waals surface area contributed by atoms with E-state index in [1.165, 1.54) is 0 Å². The van der Waals surface area contributed by atoms with E-state index in [0.717, 1.165) is 10.9 Å². The number of amides is 2. The van der Waals surface area contributed by atoms with Gasteiger partial charge < -0.3 is 10.6 Å². The average Bonchev–Trinajstić information content (AvgIpc) is 2.90. The van der Waals surface area contributed by atoms with Gasteiger partial charge in [-0.2, -0.15) is 5.10 Å². The van der Waals surface area contributed by atoms with Crippen molar-refractivity contribution in [3.05, 3.63) is 52.6 Å². The predicted molar refractivity (Wildman–Crippen MR) is 85.2 cm³/mol. The zero-order valence-corrected chi connectivity index (χ0v) is 12.2. The van der Waals surface area contributed by atoms with Crippen molar-refractivity contribution in [2.45, 2.75) is 0 Å². The molecule has 7 heteroatoms. The van der Waals surface area contributed by atoms with Gasteiger partial charge in [-0.25, -0.2) is 4.79 Å². The quantitative estimate of drug-likeness (QED) is 0.650. The molecule has 1 heterocycles. The van der Waals surface area contributed by atoms with Crippen LogP contribution in [0.2, 0.25) is 10.0 Å². The second-order valence-corrected chi connectivity index (χ2v) is 5.16. The fourth-order valence-electron chi connectivity index (χ4n) is 1.91. The summed E-state index contributed by atoms with van der Waals surface area (Å²) < 4.78 is 0. The van der Waals surface area contributed by atoms with Crippen LogP contribution in [0, 0.1) is 0 Å². The molecule has 1 aromatic heterocycles. The summed E-state index contributed by atoms with van der Waals surface area (Å²) >= 11 is 12.0. The first-order chi connectivity index (χ1) is 10.1. The van der Waals surface area contributed by atoms with Gasteiger partial charge in [0, 0.05) is 11.1 Å². The highest BCUT2D eigenvalue weighted by Gasteiger charge is 2.09. The number of rotatable bonds is 2. The Morgan fingerprint density at radius 1 is 1.10 bits per heavy atom. The second kappa shape index (κ2) is 5.63. The molecule has 0 unspecified atom stereocenters. The fourth-order valence-corrected chi connectivity index (χ4v) is 2.41. The summed E-state index contributed by atoms with van der Waals surface area (Å²) in [7, 11) is 0. The van der Waals surface area contributed by atoms with Crippen molar-refractivity contribution in [2.75, 3.05) is 10.6 Å². The third-order valence-electron chi connectivity index (χ3n) is 2.90. The van der Waals surface area contributed by atoms with Crippen LogP contribution in [0.15, 0.2) is 42.6 Å². The average molecular weight is 321 g/mol. The number of carbonyl (C=O) groups excluding carboxylic acids is 1. The van der Waals surface area contributed by atoms with Crippen LogP contribution in [-0.4, -0.2) is 16.2 Å². The molecule has 0 radical (unpaired) electrons. The number of para-hydroxylation sites is 1. The molecule has 0 aliphatic heterocycles. The maximum atomic E-state index is 12.0. The standard InChI is InChI=1S/C14H10Cl2N4O/c15-10-2-1-3-11(16)13(10)19-14(21)18-9-4-5-12-8(6-9)7-17-20-12/h1-7H,(H,17,20)(H2,18,19,21). The third-order valence-corrected chi connectivity index (χ3v) is 3.53. The monoisotopic (exact) mass is 320 g/mol. The van der Waals surface area contributed by atoms with E-state index in [9.17, 15) is 4.79 Å². The first kappa shape index (κ1) is 13.7. The molecule has 0 atom stereocenters. The molecule has 106 valence electrons. The van der Waals surface area contributed by atoms with Crippen LogP contribution in [0.5, 0.6) is 0 Å². The highest BCUT2D eigenvalue weighted by Crippen LogP contribution is 2.29. The lowest BCUT2D eigenvalue weighted by Gasteiger charge is -2.10. The summed E-state index contributed by atoms with van der Waals surface area (Å²) in [5.74, 6) is 0. The lowest BCUT2D eigenvalue weighted by Crippen LogP contribution is -2.19. The Kier molecular flexibility index (Phi) is 3.68. The number of fused-ring (bicyclic) bond motifs is 1. The molecule has 3 aromatic rings. The van der Waals surface area contributed by atoms with Crippen molar-refractivity contribution in [1.82, 2.24) is 10.2 Å². The van der Waals surface area contributed by atoms with Crippen LogP contribution < -0.4 is 10.6 Å². The minimum Gasteiger partial charge on any atom is -0.308 e. The van der Waals surface area contributed by atoms with E-state index in [0.29, 0.717) is 21.4 Å². The molecule has 0 fully saturated rings. The SMILES string of the molecule is O=C(Nc1ccc2[nH]ncc2c1)Nc1c(Cl)cccc1Cl. The Morgan fingerprint density at radius 2 is 1.86 bits per heavy atom. The highest BCUT2D eigenvalue weighted by atomic mass is 35.5. The molecule has 0 saturated heterocycles. The van der Waals surface area contributed by atoms with E-state index in [-0.39, 0.29) is 0 Å². The number of carbonyl (C=O) groups is 1. The maximum Gasteiger partial charge on any atom is 0.323 e. The number of anilines is 2. The van der Waals surface area contributed by atoms with Crippen LogP contribution >= 0.6 is 23.2 Å². The molecule has 0 saturated carbocycles. The molecular weight excluding hydrogens is 311 g/mol. The number of H-pyrrole nitrogens is 1. The van der Waals surface area contributed by atoms with Crippen LogP contribution in [0.1, 0.15) is 0 Å². The summed E-state index contributed by atoms with van der Waals surface area (Å²) in [6, 6.07) is 10.0. The first-order valence-electron chi connectivity index (χ1n) is 6.08. The van der Waals surface area contributed by atoms with Crippen LogP contribution in [0.3, 0.4) is 0 Å². The minimum atomic E-state index is -0.423. The number of hydrogen-bond acceptors (Lipinski definition) is 2. The molecule has 2 aromatic carbocycles. The van der Waals surface area contributed by atoms with Crippen LogP contribution in [-0.2, 0) is 0 Å². The molecule has 0 spiro atoms. The van der Waals surface area contributed by atoms with Gasteiger partial charge >= 0.3 is 6.03 Å². The van der Waals surface area contributed by atoms with E-state index in [2.05, 4.69) is 20.8 Å². The number of nitrogens with zero attached hydrogens (tertiary/aromatic N) is 1. The lowest BCUT2D eigenvalue weighted by molar-refractivity contribution is 0.262. The second-order valence-electron chi connectivity index (χ2n) is 4.35. The molecule has 3 rings (SSSR count). The summed E-state index contributed by atoms with van der Waals surface area (Å²) in [5.41, 5.74) is 1.92. The number of aromatic nitrogens is 2. The van der Waals surface area contributed by atoms with Gasteiger partial charge in [0.2, 0.25) is 0 Å². The minimum absolute atomic E-state index is 0.378. The van der Waals surface area contributed by atoms with E-state index in [1.54, 1.807) is 30.5 Å². The Bertz CT molecular complexity index is 795. The van der Waals surface area contributed by atoms with Crippen LogP contribution in [0.4, 0.5) is 16.2 Å². The zero-order valence-electron chi connectivity index (χ0n) is 10.7. The summed E-state index contributed by atoms with van der Waals surface area (Å²) in [6.45, 7) is 0. The molecule has 3 N–H and O–H groups in total. The molecule has 21 heavy (non-hydrogen) atoms. The van der Waals surface area contributed by atoms with Gasteiger partial charge in [-0.15, -0.1) is 0 Å².